The monoisotopic (exact) mass is 621 g/mol. The summed E-state index contributed by atoms with van der Waals surface area (Å²) in [4.78, 5) is 56.7. The smallest absolute Gasteiger partial charge is 0.341 e. The second-order valence-electron chi connectivity index (χ2n) is 10.2. The number of thiazole rings is 1. The maximum absolute atomic E-state index is 13.9. The van der Waals surface area contributed by atoms with Crippen molar-refractivity contribution in [2.75, 3.05) is 18.0 Å². The average Bonchev–Trinajstić information content (AvgIpc) is 3.39. The number of likely N-dealkylation sites (tertiary alicyclic amines) is 1. The summed E-state index contributed by atoms with van der Waals surface area (Å²) in [6.45, 7) is 1.04. The van der Waals surface area contributed by atoms with Gasteiger partial charge in [0.2, 0.25) is 17.7 Å². The molecule has 2 saturated heterocycles. The predicted molar refractivity (Wildman–Crippen MR) is 149 cm³/mol. The number of fused-ring (bicyclic) bond motifs is 2. The lowest BCUT2D eigenvalue weighted by atomic mass is 9.83. The highest BCUT2D eigenvalue weighted by atomic mass is 35.5. The Labute approximate surface area is 245 Å². The van der Waals surface area contributed by atoms with Crippen molar-refractivity contribution in [1.29, 1.82) is 0 Å². The van der Waals surface area contributed by atoms with Crippen LogP contribution in [0.4, 0.5) is 18.9 Å². The van der Waals surface area contributed by atoms with Crippen molar-refractivity contribution in [3.63, 3.8) is 0 Å². The number of rotatable bonds is 4. The van der Waals surface area contributed by atoms with Gasteiger partial charge in [0.15, 0.2) is 0 Å². The number of imide groups is 1. The lowest BCUT2D eigenvalue weighted by molar-refractivity contribution is -0.137. The molecular formula is C28H23ClF3N3O4S2. The zero-order valence-corrected chi connectivity index (χ0v) is 23.8. The Morgan fingerprint density at radius 3 is 2.37 bits per heavy atom. The normalized spacial score (nSPS) is 22.6. The van der Waals surface area contributed by atoms with E-state index in [9.17, 15) is 32.3 Å². The summed E-state index contributed by atoms with van der Waals surface area (Å²) in [6, 6.07) is 10.8. The third-order valence-electron chi connectivity index (χ3n) is 7.71. The van der Waals surface area contributed by atoms with Gasteiger partial charge in [-0.1, -0.05) is 52.9 Å². The molecule has 3 aliphatic rings. The molecule has 0 radical (unpaired) electrons. The minimum atomic E-state index is -4.66. The highest BCUT2D eigenvalue weighted by Crippen LogP contribution is 2.54. The zero-order chi connectivity index (χ0) is 29.1. The summed E-state index contributed by atoms with van der Waals surface area (Å²) in [5, 5.41) is -0.123. The number of carbonyl (C=O) groups excluding carboxylic acids is 3. The standard InChI is InChI=1S/C28H23ClF3N3O4S2/c29-17-9-7-15(8-10-17)20-21-22(25(38)35(24(21)37)18-6-4-5-16(13-18)28(30,31)32)40-26-23(20)41-27(39)34(26)14-19(36)33-11-2-1-3-12-33/h4-10,13,20-22H,1-3,11-12,14H2/t20-,21-,22+/m0/s1. The fourth-order valence-electron chi connectivity index (χ4n) is 5.74. The number of benzene rings is 2. The van der Waals surface area contributed by atoms with Gasteiger partial charge < -0.3 is 4.90 Å². The Kier molecular flexibility index (Phi) is 7.27. The quantitative estimate of drug-likeness (QED) is 0.365. The number of anilines is 1. The molecule has 0 bridgehead atoms. The third kappa shape index (κ3) is 4.99. The van der Waals surface area contributed by atoms with E-state index in [4.69, 9.17) is 11.6 Å². The van der Waals surface area contributed by atoms with Crippen molar-refractivity contribution in [2.24, 2.45) is 5.92 Å². The Balaban J connectivity index is 1.43. The summed E-state index contributed by atoms with van der Waals surface area (Å²) < 4.78 is 41.7. The van der Waals surface area contributed by atoms with Gasteiger partial charge in [-0.3, -0.25) is 23.7 Å². The summed E-state index contributed by atoms with van der Waals surface area (Å²) in [7, 11) is 0. The fraction of sp³-hybridized carbons (Fsp3) is 0.357. The van der Waals surface area contributed by atoms with Crippen LogP contribution in [-0.2, 0) is 27.1 Å². The van der Waals surface area contributed by atoms with Crippen molar-refractivity contribution in [3.05, 3.63) is 79.2 Å². The van der Waals surface area contributed by atoms with Gasteiger partial charge in [-0.05, 0) is 55.2 Å². The summed E-state index contributed by atoms with van der Waals surface area (Å²) in [5.74, 6) is -3.21. The molecular weight excluding hydrogens is 599 g/mol. The Bertz CT molecular complexity index is 1600. The fourth-order valence-corrected chi connectivity index (χ4v) is 8.64. The average molecular weight is 622 g/mol. The molecule has 7 nitrogen and oxygen atoms in total. The molecule has 3 atom stereocenters. The Morgan fingerprint density at radius 1 is 0.976 bits per heavy atom. The number of aromatic nitrogens is 1. The van der Waals surface area contributed by atoms with Crippen molar-refractivity contribution in [1.82, 2.24) is 9.47 Å². The first-order valence-corrected chi connectivity index (χ1v) is 15.1. The zero-order valence-electron chi connectivity index (χ0n) is 21.4. The Morgan fingerprint density at radius 2 is 1.68 bits per heavy atom. The van der Waals surface area contributed by atoms with E-state index in [-0.39, 0.29) is 23.0 Å². The van der Waals surface area contributed by atoms with Crippen LogP contribution < -0.4 is 9.77 Å². The van der Waals surface area contributed by atoms with Crippen molar-refractivity contribution in [3.8, 4) is 0 Å². The van der Waals surface area contributed by atoms with E-state index in [1.807, 2.05) is 0 Å². The molecule has 0 aliphatic carbocycles. The second-order valence-corrected chi connectivity index (χ2v) is 12.8. The molecule has 3 aliphatic heterocycles. The molecule has 2 aromatic carbocycles. The van der Waals surface area contributed by atoms with Gasteiger partial charge in [0.25, 0.3) is 0 Å². The molecule has 3 aromatic rings. The van der Waals surface area contributed by atoms with Crippen LogP contribution >= 0.6 is 34.7 Å². The van der Waals surface area contributed by atoms with Crippen LogP contribution in [0.3, 0.4) is 0 Å². The minimum absolute atomic E-state index is 0.166. The largest absolute Gasteiger partial charge is 0.416 e. The van der Waals surface area contributed by atoms with Gasteiger partial charge >= 0.3 is 11.0 Å². The lowest BCUT2D eigenvalue weighted by Gasteiger charge is -2.31. The number of alkyl halides is 3. The molecule has 13 heteroatoms. The van der Waals surface area contributed by atoms with Gasteiger partial charge in [0.05, 0.1) is 22.2 Å². The van der Waals surface area contributed by atoms with Crippen LogP contribution in [-0.4, -0.2) is 45.5 Å². The molecule has 3 amide bonds. The van der Waals surface area contributed by atoms with Crippen LogP contribution in [0.15, 0.2) is 58.4 Å². The van der Waals surface area contributed by atoms with E-state index in [0.29, 0.717) is 33.6 Å². The van der Waals surface area contributed by atoms with Crippen molar-refractivity contribution < 1.29 is 27.6 Å². The van der Waals surface area contributed by atoms with E-state index in [1.165, 1.54) is 10.6 Å². The number of hydrogen-bond donors (Lipinski definition) is 0. The summed E-state index contributed by atoms with van der Waals surface area (Å²) >= 11 is 8.06. The predicted octanol–water partition coefficient (Wildman–Crippen LogP) is 5.39. The van der Waals surface area contributed by atoms with Gasteiger partial charge in [-0.15, -0.1) is 0 Å². The van der Waals surface area contributed by atoms with Gasteiger partial charge in [-0.25, -0.2) is 4.90 Å². The van der Waals surface area contributed by atoms with Crippen LogP contribution in [0.25, 0.3) is 0 Å². The van der Waals surface area contributed by atoms with E-state index in [0.717, 1.165) is 65.5 Å². The van der Waals surface area contributed by atoms with Crippen molar-refractivity contribution >= 4 is 58.1 Å². The molecule has 41 heavy (non-hydrogen) atoms. The summed E-state index contributed by atoms with van der Waals surface area (Å²) in [6.07, 6.45) is -1.84. The van der Waals surface area contributed by atoms with Gasteiger partial charge in [-0.2, -0.15) is 13.2 Å². The second kappa shape index (κ2) is 10.6. The number of hydrogen-bond acceptors (Lipinski definition) is 6. The Hall–Kier alpha value is -3.09. The highest BCUT2D eigenvalue weighted by molar-refractivity contribution is 8.00. The van der Waals surface area contributed by atoms with E-state index >= 15 is 0 Å². The highest BCUT2D eigenvalue weighted by Gasteiger charge is 2.57. The first-order valence-electron chi connectivity index (χ1n) is 13.0. The molecule has 0 spiro atoms. The number of thioether (sulfide) groups is 1. The molecule has 0 saturated carbocycles. The minimum Gasteiger partial charge on any atom is -0.341 e. The van der Waals surface area contributed by atoms with Crippen molar-refractivity contribution in [2.45, 2.75) is 48.2 Å². The number of nitrogens with zero attached hydrogens (tertiary/aromatic N) is 3. The molecule has 214 valence electrons. The molecule has 6 rings (SSSR count). The number of amides is 3. The van der Waals surface area contributed by atoms with Crippen LogP contribution in [0.5, 0.6) is 0 Å². The molecule has 2 fully saturated rings. The summed E-state index contributed by atoms with van der Waals surface area (Å²) in [5.41, 5.74) is -0.508. The molecule has 4 heterocycles. The van der Waals surface area contributed by atoms with Crippen LogP contribution in [0.1, 0.15) is 41.2 Å². The molecule has 0 N–H and O–H groups in total. The number of halogens is 4. The van der Waals surface area contributed by atoms with Gasteiger partial charge in [0.1, 0.15) is 11.8 Å². The van der Waals surface area contributed by atoms with Crippen LogP contribution in [0, 0.1) is 5.92 Å². The van der Waals surface area contributed by atoms with E-state index < -0.39 is 40.6 Å². The molecule has 0 unspecified atom stereocenters. The molecule has 1 aromatic heterocycles. The maximum Gasteiger partial charge on any atom is 0.416 e. The number of piperidine rings is 1. The SMILES string of the molecule is O=C(Cn1c2c(sc1=O)[C@@H](c1ccc(Cl)cc1)[C@@H]1C(=O)N(c3cccc(C(F)(F)F)c3)C(=O)[C@@H]1S2)N1CCCCC1. The third-order valence-corrected chi connectivity index (χ3v) is 10.6. The van der Waals surface area contributed by atoms with E-state index in [1.54, 1.807) is 29.2 Å². The maximum atomic E-state index is 13.9. The topological polar surface area (TPSA) is 79.7 Å². The lowest BCUT2D eigenvalue weighted by Crippen LogP contribution is -2.39. The van der Waals surface area contributed by atoms with E-state index in [2.05, 4.69) is 0 Å². The number of carbonyl (C=O) groups is 3. The van der Waals surface area contributed by atoms with Crippen LogP contribution in [0.2, 0.25) is 5.02 Å². The first kappa shape index (κ1) is 28.0. The van der Waals surface area contributed by atoms with Gasteiger partial charge in [0, 0.05) is 28.9 Å². The first-order chi connectivity index (χ1) is 19.5.